The first kappa shape index (κ1) is 17.1. The first-order chi connectivity index (χ1) is 13.3. The molecule has 0 aliphatic heterocycles. The van der Waals surface area contributed by atoms with Crippen molar-refractivity contribution < 1.29 is 0 Å². The standard InChI is InChI=1S/C20H18N6S/c1-15-7-9-17(10-8-15)19-12-27-20(23-19)25-24-18(11-26-14-21-13-22-26)16-5-3-2-4-6-16/h2-10,12-14H,11H2,1H3,(H,23,25)/b24-18-. The zero-order valence-electron chi connectivity index (χ0n) is 14.8. The second kappa shape index (κ2) is 7.92. The van der Waals surface area contributed by atoms with Crippen LogP contribution in [0.1, 0.15) is 11.1 Å². The van der Waals surface area contributed by atoms with E-state index in [1.165, 1.54) is 23.2 Å². The van der Waals surface area contributed by atoms with Gasteiger partial charge in [0.05, 0.1) is 18.0 Å². The van der Waals surface area contributed by atoms with Crippen molar-refractivity contribution in [3.05, 3.63) is 83.8 Å². The summed E-state index contributed by atoms with van der Waals surface area (Å²) in [7, 11) is 0. The van der Waals surface area contributed by atoms with Crippen LogP contribution in [0.2, 0.25) is 0 Å². The maximum Gasteiger partial charge on any atom is 0.203 e. The molecule has 4 aromatic rings. The summed E-state index contributed by atoms with van der Waals surface area (Å²) < 4.78 is 1.74. The highest BCUT2D eigenvalue weighted by Crippen LogP contribution is 2.25. The Morgan fingerprint density at radius 2 is 1.93 bits per heavy atom. The van der Waals surface area contributed by atoms with Crippen molar-refractivity contribution in [3.63, 3.8) is 0 Å². The van der Waals surface area contributed by atoms with Gasteiger partial charge in [0.25, 0.3) is 0 Å². The van der Waals surface area contributed by atoms with Crippen LogP contribution >= 0.6 is 11.3 Å². The maximum absolute atomic E-state index is 4.64. The van der Waals surface area contributed by atoms with E-state index in [9.17, 15) is 0 Å². The molecule has 2 aromatic heterocycles. The molecule has 27 heavy (non-hydrogen) atoms. The Balaban J connectivity index is 1.55. The van der Waals surface area contributed by atoms with Crippen LogP contribution in [-0.2, 0) is 6.54 Å². The lowest BCUT2D eigenvalue weighted by atomic mass is 10.1. The number of hydrogen-bond acceptors (Lipinski definition) is 6. The SMILES string of the molecule is Cc1ccc(-c2csc(N/N=C(/Cn3cncn3)c3ccccc3)n2)cc1. The predicted octanol–water partition coefficient (Wildman–Crippen LogP) is 4.23. The van der Waals surface area contributed by atoms with Crippen LogP contribution in [0.25, 0.3) is 11.3 Å². The van der Waals surface area contributed by atoms with E-state index in [-0.39, 0.29) is 0 Å². The van der Waals surface area contributed by atoms with Gasteiger partial charge in [-0.3, -0.25) is 5.43 Å². The molecular formula is C20H18N6S. The fraction of sp³-hybridized carbons (Fsp3) is 0.100. The summed E-state index contributed by atoms with van der Waals surface area (Å²) in [5.41, 5.74) is 8.24. The molecule has 0 aliphatic carbocycles. The quantitative estimate of drug-likeness (QED) is 0.405. The van der Waals surface area contributed by atoms with E-state index in [2.05, 4.69) is 56.8 Å². The summed E-state index contributed by atoms with van der Waals surface area (Å²) in [5.74, 6) is 0. The predicted molar refractivity (Wildman–Crippen MR) is 109 cm³/mol. The fourth-order valence-electron chi connectivity index (χ4n) is 2.59. The zero-order valence-corrected chi connectivity index (χ0v) is 15.6. The third kappa shape index (κ3) is 4.27. The molecule has 0 amide bonds. The van der Waals surface area contributed by atoms with Crippen LogP contribution in [0.15, 0.2) is 77.7 Å². The van der Waals surface area contributed by atoms with E-state index in [1.54, 1.807) is 11.0 Å². The molecule has 2 heterocycles. The Labute approximate surface area is 161 Å². The minimum absolute atomic E-state index is 0.521. The third-order valence-electron chi connectivity index (χ3n) is 4.02. The van der Waals surface area contributed by atoms with Gasteiger partial charge in [0.15, 0.2) is 0 Å². The van der Waals surface area contributed by atoms with Crippen molar-refractivity contribution in [2.75, 3.05) is 5.43 Å². The lowest BCUT2D eigenvalue weighted by Gasteiger charge is -2.07. The van der Waals surface area contributed by atoms with Gasteiger partial charge in [0, 0.05) is 10.9 Å². The molecular weight excluding hydrogens is 356 g/mol. The van der Waals surface area contributed by atoms with Gasteiger partial charge >= 0.3 is 0 Å². The molecule has 0 saturated carbocycles. The number of benzene rings is 2. The normalized spacial score (nSPS) is 11.5. The van der Waals surface area contributed by atoms with E-state index in [1.807, 2.05) is 35.7 Å². The van der Waals surface area contributed by atoms with Crippen molar-refractivity contribution in [2.45, 2.75) is 13.5 Å². The number of anilines is 1. The second-order valence-corrected chi connectivity index (χ2v) is 6.89. The van der Waals surface area contributed by atoms with Crippen LogP contribution < -0.4 is 5.43 Å². The van der Waals surface area contributed by atoms with Crippen LogP contribution in [0, 0.1) is 6.92 Å². The molecule has 0 saturated heterocycles. The molecule has 4 rings (SSSR count). The molecule has 134 valence electrons. The van der Waals surface area contributed by atoms with Crippen molar-refractivity contribution in [3.8, 4) is 11.3 Å². The Hall–Kier alpha value is -3.32. The van der Waals surface area contributed by atoms with E-state index in [0.29, 0.717) is 6.54 Å². The highest BCUT2D eigenvalue weighted by atomic mass is 32.1. The van der Waals surface area contributed by atoms with Gasteiger partial charge in [-0.2, -0.15) is 10.2 Å². The maximum atomic E-state index is 4.64. The number of rotatable bonds is 6. The molecule has 7 heteroatoms. The van der Waals surface area contributed by atoms with Crippen LogP contribution in [-0.4, -0.2) is 25.5 Å². The number of nitrogens with one attached hydrogen (secondary N) is 1. The van der Waals surface area contributed by atoms with Gasteiger partial charge in [0.2, 0.25) is 5.13 Å². The number of aromatic nitrogens is 4. The Morgan fingerprint density at radius 1 is 1.11 bits per heavy atom. The molecule has 0 aliphatic rings. The summed E-state index contributed by atoms with van der Waals surface area (Å²) in [6, 6.07) is 18.4. The van der Waals surface area contributed by atoms with Gasteiger partial charge in [-0.15, -0.1) is 11.3 Å². The van der Waals surface area contributed by atoms with Gasteiger partial charge in [-0.05, 0) is 12.5 Å². The topological polar surface area (TPSA) is 68.0 Å². The first-order valence-corrected chi connectivity index (χ1v) is 9.39. The largest absolute Gasteiger partial charge is 0.252 e. The average molecular weight is 374 g/mol. The summed E-state index contributed by atoms with van der Waals surface area (Å²) >= 11 is 1.53. The Kier molecular flexibility index (Phi) is 5.02. The monoisotopic (exact) mass is 374 g/mol. The molecule has 0 atom stereocenters. The Morgan fingerprint density at radius 3 is 2.67 bits per heavy atom. The number of aryl methyl sites for hydroxylation is 1. The molecule has 0 unspecified atom stereocenters. The van der Waals surface area contributed by atoms with Gasteiger partial charge < -0.3 is 0 Å². The van der Waals surface area contributed by atoms with Crippen molar-refractivity contribution in [1.82, 2.24) is 19.7 Å². The third-order valence-corrected chi connectivity index (χ3v) is 4.77. The molecule has 0 bridgehead atoms. The van der Waals surface area contributed by atoms with Crippen molar-refractivity contribution >= 4 is 22.2 Å². The summed E-state index contributed by atoms with van der Waals surface area (Å²) in [6.07, 6.45) is 3.20. The molecule has 2 aromatic carbocycles. The van der Waals surface area contributed by atoms with E-state index < -0.39 is 0 Å². The first-order valence-electron chi connectivity index (χ1n) is 8.51. The molecule has 1 N–H and O–H groups in total. The highest BCUT2D eigenvalue weighted by molar-refractivity contribution is 7.14. The summed E-state index contributed by atoms with van der Waals surface area (Å²) in [6.45, 7) is 2.60. The molecule has 6 nitrogen and oxygen atoms in total. The van der Waals surface area contributed by atoms with Crippen LogP contribution in [0.3, 0.4) is 0 Å². The van der Waals surface area contributed by atoms with Crippen LogP contribution in [0.5, 0.6) is 0 Å². The van der Waals surface area contributed by atoms with Gasteiger partial charge in [-0.1, -0.05) is 60.2 Å². The number of hydrogen-bond donors (Lipinski definition) is 1. The Bertz CT molecular complexity index is 1020. The van der Waals surface area contributed by atoms with Gasteiger partial charge in [0.1, 0.15) is 12.7 Å². The molecule has 0 spiro atoms. The number of thiazole rings is 1. The lowest BCUT2D eigenvalue weighted by Crippen LogP contribution is -2.14. The summed E-state index contributed by atoms with van der Waals surface area (Å²) in [5, 5.41) is 11.5. The average Bonchev–Trinajstić information content (AvgIpc) is 3.38. The lowest BCUT2D eigenvalue weighted by molar-refractivity contribution is 0.721. The molecule has 0 fully saturated rings. The fourth-order valence-corrected chi connectivity index (χ4v) is 3.25. The number of nitrogens with zero attached hydrogens (tertiary/aromatic N) is 5. The number of hydrazone groups is 1. The minimum atomic E-state index is 0.521. The van der Waals surface area contributed by atoms with Crippen molar-refractivity contribution in [1.29, 1.82) is 0 Å². The minimum Gasteiger partial charge on any atom is -0.252 e. The summed E-state index contributed by atoms with van der Waals surface area (Å²) in [4.78, 5) is 8.63. The van der Waals surface area contributed by atoms with Crippen LogP contribution in [0.4, 0.5) is 5.13 Å². The smallest absolute Gasteiger partial charge is 0.203 e. The van der Waals surface area contributed by atoms with E-state index in [0.717, 1.165) is 27.7 Å². The van der Waals surface area contributed by atoms with Crippen molar-refractivity contribution in [2.24, 2.45) is 5.10 Å². The second-order valence-electron chi connectivity index (χ2n) is 6.03. The van der Waals surface area contributed by atoms with E-state index >= 15 is 0 Å². The highest BCUT2D eigenvalue weighted by Gasteiger charge is 2.07. The van der Waals surface area contributed by atoms with E-state index in [4.69, 9.17) is 0 Å². The molecule has 0 radical (unpaired) electrons. The van der Waals surface area contributed by atoms with Gasteiger partial charge in [-0.25, -0.2) is 14.6 Å². The zero-order chi connectivity index (χ0) is 18.5.